The smallest absolute Gasteiger partial charge is 0.118 e. The number of nitrogens with zero attached hydrogens (tertiary/aromatic N) is 1. The van der Waals surface area contributed by atoms with Crippen LogP contribution in [0.15, 0.2) is 41.8 Å². The van der Waals surface area contributed by atoms with Gasteiger partial charge in [-0.25, -0.2) is 0 Å². The number of rotatable bonds is 8. The minimum absolute atomic E-state index is 0.459. The average molecular weight is 332 g/mol. The summed E-state index contributed by atoms with van der Waals surface area (Å²) in [4.78, 5) is 4.02. The van der Waals surface area contributed by atoms with Gasteiger partial charge in [-0.05, 0) is 69.8 Å². The fourth-order valence-corrected chi connectivity index (χ4v) is 4.08. The molecule has 126 valence electrons. The molecule has 1 atom stereocenters. The maximum Gasteiger partial charge on any atom is 0.118 e. The lowest BCUT2D eigenvalue weighted by Gasteiger charge is -2.32. The lowest BCUT2D eigenvalue weighted by Crippen LogP contribution is -2.38. The van der Waals surface area contributed by atoms with E-state index >= 15 is 0 Å². The molecule has 0 amide bonds. The Morgan fingerprint density at radius 2 is 1.65 bits per heavy atom. The Bertz CT molecular complexity index is 552. The van der Waals surface area contributed by atoms with E-state index in [1.807, 2.05) is 11.3 Å². The number of hydrogen-bond donors (Lipinski definition) is 0. The molecule has 1 unspecified atom stereocenters. The summed E-state index contributed by atoms with van der Waals surface area (Å²) in [7, 11) is 1.72. The summed E-state index contributed by atoms with van der Waals surface area (Å²) in [6.07, 6.45) is 1.14. The zero-order chi connectivity index (χ0) is 16.8. The van der Waals surface area contributed by atoms with Crippen LogP contribution in [0.2, 0.25) is 0 Å². The van der Waals surface area contributed by atoms with Crippen molar-refractivity contribution < 1.29 is 4.74 Å². The van der Waals surface area contributed by atoms with Crippen LogP contribution in [0, 0.1) is 0 Å². The molecule has 0 spiro atoms. The summed E-state index contributed by atoms with van der Waals surface area (Å²) in [6, 6.07) is 14.1. The van der Waals surface area contributed by atoms with Crippen molar-refractivity contribution in [1.82, 2.24) is 4.90 Å². The molecule has 1 aromatic carbocycles. The van der Waals surface area contributed by atoms with Gasteiger partial charge in [0.2, 0.25) is 0 Å². The first-order chi connectivity index (χ1) is 11.0. The Morgan fingerprint density at radius 3 is 2.13 bits per heavy atom. The van der Waals surface area contributed by atoms with Crippen LogP contribution < -0.4 is 4.74 Å². The summed E-state index contributed by atoms with van der Waals surface area (Å²) in [6.45, 7) is 10.3. The van der Waals surface area contributed by atoms with Crippen LogP contribution in [0.25, 0.3) is 0 Å². The molecular formula is C20H29NOS. The van der Waals surface area contributed by atoms with Crippen molar-refractivity contribution >= 4 is 11.3 Å². The quantitative estimate of drug-likeness (QED) is 0.642. The minimum Gasteiger partial charge on any atom is -0.497 e. The molecule has 1 aromatic heterocycles. The number of thiophene rings is 1. The molecule has 3 heteroatoms. The molecule has 0 aliphatic heterocycles. The highest BCUT2D eigenvalue weighted by Crippen LogP contribution is 2.32. The zero-order valence-electron chi connectivity index (χ0n) is 15.0. The third-order valence-electron chi connectivity index (χ3n) is 4.41. The van der Waals surface area contributed by atoms with E-state index in [0.717, 1.165) is 18.7 Å². The van der Waals surface area contributed by atoms with E-state index in [2.05, 4.69) is 74.4 Å². The highest BCUT2D eigenvalue weighted by Gasteiger charge is 2.19. The van der Waals surface area contributed by atoms with E-state index in [1.165, 1.54) is 10.4 Å². The van der Waals surface area contributed by atoms with Gasteiger partial charge in [-0.1, -0.05) is 18.2 Å². The molecule has 2 nitrogen and oxygen atoms in total. The van der Waals surface area contributed by atoms with Crippen molar-refractivity contribution in [1.29, 1.82) is 0 Å². The van der Waals surface area contributed by atoms with E-state index in [0.29, 0.717) is 18.0 Å². The standard InChI is InChI=1S/C20H29NOS/c1-15(2)21(16(3)4)13-12-19(20-7-6-14-23-20)17-8-10-18(22-5)11-9-17/h6-11,14-16,19H,12-13H2,1-5H3. The molecule has 0 aliphatic carbocycles. The number of hydrogen-bond acceptors (Lipinski definition) is 3. The molecule has 0 fully saturated rings. The van der Waals surface area contributed by atoms with Crippen LogP contribution in [0.3, 0.4) is 0 Å². The Labute approximate surface area is 145 Å². The van der Waals surface area contributed by atoms with Gasteiger partial charge in [0.05, 0.1) is 7.11 Å². The maximum absolute atomic E-state index is 5.30. The van der Waals surface area contributed by atoms with Crippen LogP contribution in [-0.4, -0.2) is 30.6 Å². The van der Waals surface area contributed by atoms with Crippen molar-refractivity contribution in [2.24, 2.45) is 0 Å². The van der Waals surface area contributed by atoms with E-state index in [4.69, 9.17) is 4.74 Å². The number of methoxy groups -OCH3 is 1. The van der Waals surface area contributed by atoms with Gasteiger partial charge >= 0.3 is 0 Å². The molecule has 0 radical (unpaired) electrons. The first-order valence-corrected chi connectivity index (χ1v) is 9.34. The van der Waals surface area contributed by atoms with Crippen LogP contribution in [0.5, 0.6) is 5.75 Å². The molecule has 0 saturated carbocycles. The Kier molecular flexibility index (Phi) is 6.67. The fourth-order valence-electron chi connectivity index (χ4n) is 3.19. The zero-order valence-corrected chi connectivity index (χ0v) is 15.8. The van der Waals surface area contributed by atoms with Crippen LogP contribution in [0.4, 0.5) is 0 Å². The Morgan fingerprint density at radius 1 is 1.00 bits per heavy atom. The van der Waals surface area contributed by atoms with Crippen LogP contribution in [0.1, 0.15) is 50.5 Å². The van der Waals surface area contributed by atoms with Gasteiger partial charge in [-0.3, -0.25) is 4.90 Å². The summed E-state index contributed by atoms with van der Waals surface area (Å²) in [5, 5.41) is 2.18. The van der Waals surface area contributed by atoms with Crippen molar-refractivity contribution in [3.8, 4) is 5.75 Å². The summed E-state index contributed by atoms with van der Waals surface area (Å²) in [5.74, 6) is 1.38. The molecule has 0 N–H and O–H groups in total. The summed E-state index contributed by atoms with van der Waals surface area (Å²) in [5.41, 5.74) is 1.38. The second-order valence-electron chi connectivity index (χ2n) is 6.56. The SMILES string of the molecule is COc1ccc(C(CCN(C(C)C)C(C)C)c2cccs2)cc1. The molecule has 23 heavy (non-hydrogen) atoms. The predicted octanol–water partition coefficient (Wildman–Crippen LogP) is 5.40. The van der Waals surface area contributed by atoms with E-state index < -0.39 is 0 Å². The highest BCUT2D eigenvalue weighted by atomic mass is 32.1. The largest absolute Gasteiger partial charge is 0.497 e. The monoisotopic (exact) mass is 331 g/mol. The summed E-state index contributed by atoms with van der Waals surface area (Å²) < 4.78 is 5.30. The molecule has 0 aliphatic rings. The molecule has 0 saturated heterocycles. The molecule has 2 aromatic rings. The second kappa shape index (κ2) is 8.51. The second-order valence-corrected chi connectivity index (χ2v) is 7.53. The van der Waals surface area contributed by atoms with Gasteiger partial charge < -0.3 is 4.74 Å². The number of ether oxygens (including phenoxy) is 1. The van der Waals surface area contributed by atoms with Gasteiger partial charge in [-0.15, -0.1) is 11.3 Å². The van der Waals surface area contributed by atoms with E-state index in [1.54, 1.807) is 7.11 Å². The predicted molar refractivity (Wildman–Crippen MR) is 101 cm³/mol. The van der Waals surface area contributed by atoms with Crippen molar-refractivity contribution in [2.45, 2.75) is 52.1 Å². The maximum atomic E-state index is 5.30. The average Bonchev–Trinajstić information content (AvgIpc) is 3.05. The summed E-state index contributed by atoms with van der Waals surface area (Å²) >= 11 is 1.85. The van der Waals surface area contributed by atoms with Gasteiger partial charge in [0.15, 0.2) is 0 Å². The molecule has 2 rings (SSSR count). The lowest BCUT2D eigenvalue weighted by atomic mass is 9.93. The lowest BCUT2D eigenvalue weighted by molar-refractivity contribution is 0.171. The topological polar surface area (TPSA) is 12.5 Å². The van der Waals surface area contributed by atoms with E-state index in [-0.39, 0.29) is 0 Å². The molecule has 1 heterocycles. The third kappa shape index (κ3) is 4.82. The van der Waals surface area contributed by atoms with Crippen LogP contribution >= 0.6 is 11.3 Å². The fraction of sp³-hybridized carbons (Fsp3) is 0.500. The van der Waals surface area contributed by atoms with E-state index in [9.17, 15) is 0 Å². The molecular weight excluding hydrogens is 302 g/mol. The van der Waals surface area contributed by atoms with Crippen molar-refractivity contribution in [3.63, 3.8) is 0 Å². The Balaban J connectivity index is 2.18. The van der Waals surface area contributed by atoms with Gasteiger partial charge in [0, 0.05) is 22.9 Å². The van der Waals surface area contributed by atoms with Gasteiger partial charge in [-0.2, -0.15) is 0 Å². The first-order valence-electron chi connectivity index (χ1n) is 8.46. The number of benzene rings is 1. The third-order valence-corrected chi connectivity index (χ3v) is 5.39. The van der Waals surface area contributed by atoms with Crippen LogP contribution in [-0.2, 0) is 0 Å². The molecule has 0 bridgehead atoms. The van der Waals surface area contributed by atoms with Gasteiger partial charge in [0.1, 0.15) is 5.75 Å². The highest BCUT2D eigenvalue weighted by molar-refractivity contribution is 7.10. The normalized spacial score (nSPS) is 13.0. The van der Waals surface area contributed by atoms with Crippen molar-refractivity contribution in [2.75, 3.05) is 13.7 Å². The Hall–Kier alpha value is -1.32. The van der Waals surface area contributed by atoms with Crippen molar-refractivity contribution in [3.05, 3.63) is 52.2 Å². The van der Waals surface area contributed by atoms with Gasteiger partial charge in [0.25, 0.3) is 0 Å². The first kappa shape index (κ1) is 18.0. The minimum atomic E-state index is 0.459.